The fraction of sp³-hybridized carbons (Fsp3) is 0.423. The molecule has 0 amide bonds. The van der Waals surface area contributed by atoms with Crippen molar-refractivity contribution in [2.75, 3.05) is 13.2 Å². The van der Waals surface area contributed by atoms with E-state index in [0.717, 1.165) is 6.07 Å². The average molecular weight is 564 g/mol. The first-order valence-electron chi connectivity index (χ1n) is 12.3. The number of rotatable bonds is 5. The Morgan fingerprint density at radius 1 is 0.675 bits per heavy atom. The number of hydrogen-bond acceptors (Lipinski definition) is 14. The van der Waals surface area contributed by atoms with Gasteiger partial charge in [0, 0.05) is 11.6 Å². The molecule has 14 heteroatoms. The number of aliphatic hydroxyl groups excluding tert-OH is 7. The van der Waals surface area contributed by atoms with Crippen LogP contribution in [0.15, 0.2) is 39.5 Å². The number of benzene rings is 2. The molecule has 0 bridgehead atoms. The van der Waals surface area contributed by atoms with Crippen molar-refractivity contribution in [2.24, 2.45) is 0 Å². The zero-order valence-electron chi connectivity index (χ0n) is 20.6. The third-order valence-corrected chi connectivity index (χ3v) is 7.35. The van der Waals surface area contributed by atoms with Crippen LogP contribution in [0.4, 0.5) is 0 Å². The van der Waals surface area contributed by atoms with Crippen LogP contribution in [0.3, 0.4) is 0 Å². The van der Waals surface area contributed by atoms with E-state index >= 15 is 0 Å². The highest BCUT2D eigenvalue weighted by molar-refractivity contribution is 5.92. The molecule has 9 atom stereocenters. The molecule has 0 spiro atoms. The first kappa shape index (κ1) is 28.2. The highest BCUT2D eigenvalue weighted by Gasteiger charge is 2.49. The van der Waals surface area contributed by atoms with Crippen molar-refractivity contribution in [1.29, 1.82) is 0 Å². The van der Waals surface area contributed by atoms with Crippen LogP contribution in [-0.4, -0.2) is 107 Å². The number of hydrogen-bond donors (Lipinski definition) is 10. The van der Waals surface area contributed by atoms with E-state index in [1.165, 1.54) is 24.3 Å². The third-order valence-electron chi connectivity index (χ3n) is 7.35. The SMILES string of the molecule is O=c1cc(-c2ccc(O)cc2)oc2c([C@H]3O[C@H](CO)[C@@H](O)[C@H](O)[C@H]3O)c(O)c([C@H]3O[C@H](CO)[C@@H](O)[C@@H]3O)c(O)c12. The van der Waals surface area contributed by atoms with Crippen LogP contribution in [0.5, 0.6) is 17.2 Å². The van der Waals surface area contributed by atoms with Crippen molar-refractivity contribution < 1.29 is 65.0 Å². The number of fused-ring (bicyclic) bond motifs is 1. The van der Waals surface area contributed by atoms with Gasteiger partial charge < -0.3 is 65.0 Å². The van der Waals surface area contributed by atoms with E-state index in [4.69, 9.17) is 13.9 Å². The van der Waals surface area contributed by atoms with Gasteiger partial charge in [0.15, 0.2) is 11.0 Å². The van der Waals surface area contributed by atoms with Gasteiger partial charge in [0.25, 0.3) is 0 Å². The van der Waals surface area contributed by atoms with Gasteiger partial charge in [-0.1, -0.05) is 0 Å². The minimum atomic E-state index is -1.96. The number of aliphatic hydroxyl groups is 7. The van der Waals surface area contributed by atoms with Crippen LogP contribution in [-0.2, 0) is 9.47 Å². The zero-order valence-corrected chi connectivity index (χ0v) is 20.6. The monoisotopic (exact) mass is 564 g/mol. The summed E-state index contributed by atoms with van der Waals surface area (Å²) in [4.78, 5) is 13.4. The predicted molar refractivity (Wildman–Crippen MR) is 132 cm³/mol. The van der Waals surface area contributed by atoms with Gasteiger partial charge in [0.2, 0.25) is 0 Å². The van der Waals surface area contributed by atoms with Gasteiger partial charge in [-0.15, -0.1) is 0 Å². The molecule has 10 N–H and O–H groups in total. The standard InChI is InChI=1S/C26H28O14/c27-6-12-17(31)21(35)23(37)26(40-12)16-20(34)15(25-22(36)18(32)13(7-28)39-25)19(33)14-10(30)5-11(38-24(14)16)8-1-3-9(29)4-2-8/h1-5,12-13,17-18,21-23,25-29,31-37H,6-7H2/t12-,13-,17-,18-,21+,22+,23-,25-,26-/m1/s1. The summed E-state index contributed by atoms with van der Waals surface area (Å²) in [5.41, 5.74) is -2.18. The molecule has 5 rings (SSSR count). The molecule has 2 aliphatic rings. The third kappa shape index (κ3) is 4.39. The molecule has 0 unspecified atom stereocenters. The molecular weight excluding hydrogens is 536 g/mol. The quantitative estimate of drug-likeness (QED) is 0.165. The number of ether oxygens (including phenoxy) is 2. The van der Waals surface area contributed by atoms with Crippen LogP contribution in [0, 0.1) is 0 Å². The van der Waals surface area contributed by atoms with E-state index in [0.29, 0.717) is 5.56 Å². The lowest BCUT2D eigenvalue weighted by Gasteiger charge is -2.40. The summed E-state index contributed by atoms with van der Waals surface area (Å²) >= 11 is 0. The van der Waals surface area contributed by atoms with Crippen molar-refractivity contribution in [3.63, 3.8) is 0 Å². The molecule has 0 aliphatic carbocycles. The molecule has 0 saturated carbocycles. The molecule has 0 radical (unpaired) electrons. The molecule has 2 aliphatic heterocycles. The number of phenols is 3. The molecule has 40 heavy (non-hydrogen) atoms. The first-order chi connectivity index (χ1) is 19.0. The molecule has 2 aromatic carbocycles. The smallest absolute Gasteiger partial charge is 0.197 e. The largest absolute Gasteiger partial charge is 0.508 e. The summed E-state index contributed by atoms with van der Waals surface area (Å²) in [6, 6.07) is 6.47. The van der Waals surface area contributed by atoms with E-state index < -0.39 is 107 Å². The second-order valence-corrected chi connectivity index (χ2v) is 9.76. The molecule has 2 saturated heterocycles. The van der Waals surface area contributed by atoms with Crippen LogP contribution in [0.2, 0.25) is 0 Å². The van der Waals surface area contributed by atoms with Crippen molar-refractivity contribution in [3.05, 3.63) is 51.7 Å². The average Bonchev–Trinajstić information content (AvgIpc) is 3.21. The molecule has 1 aromatic heterocycles. The lowest BCUT2D eigenvalue weighted by Crippen LogP contribution is -2.55. The topological polar surface area (TPSA) is 251 Å². The zero-order chi connectivity index (χ0) is 29.0. The second kappa shape index (κ2) is 10.6. The number of phenolic OH excluding ortho intramolecular Hbond substituents is 3. The van der Waals surface area contributed by atoms with Crippen LogP contribution < -0.4 is 5.43 Å². The van der Waals surface area contributed by atoms with E-state index in [2.05, 4.69) is 0 Å². The van der Waals surface area contributed by atoms with E-state index in [9.17, 15) is 55.9 Å². The van der Waals surface area contributed by atoms with Gasteiger partial charge in [-0.25, -0.2) is 0 Å². The van der Waals surface area contributed by atoms with Gasteiger partial charge in [-0.2, -0.15) is 0 Å². The second-order valence-electron chi connectivity index (χ2n) is 9.76. The van der Waals surface area contributed by atoms with Crippen LogP contribution in [0.25, 0.3) is 22.3 Å². The molecule has 2 fully saturated rings. The summed E-state index contributed by atoms with van der Waals surface area (Å²) in [5.74, 6) is -1.99. The Morgan fingerprint density at radius 2 is 1.20 bits per heavy atom. The lowest BCUT2D eigenvalue weighted by atomic mass is 9.87. The molecule has 216 valence electrons. The Kier molecular flexibility index (Phi) is 7.47. The maximum absolute atomic E-state index is 13.4. The van der Waals surface area contributed by atoms with Gasteiger partial charge in [-0.3, -0.25) is 4.79 Å². The molecular formula is C26H28O14. The normalized spacial score (nSPS) is 32.5. The van der Waals surface area contributed by atoms with Gasteiger partial charge >= 0.3 is 0 Å². The summed E-state index contributed by atoms with van der Waals surface area (Å²) < 4.78 is 17.0. The summed E-state index contributed by atoms with van der Waals surface area (Å²) in [7, 11) is 0. The Hall–Kier alpha value is -3.31. The van der Waals surface area contributed by atoms with Gasteiger partial charge in [0.05, 0.1) is 24.3 Å². The maximum atomic E-state index is 13.4. The Labute approximate surface area is 224 Å². The van der Waals surface area contributed by atoms with Gasteiger partial charge in [-0.05, 0) is 24.3 Å². The molecule has 3 aromatic rings. The predicted octanol–water partition coefficient (Wildman–Crippen LogP) is -1.75. The molecule has 3 heterocycles. The lowest BCUT2D eigenvalue weighted by molar-refractivity contribution is -0.231. The Balaban J connectivity index is 1.81. The minimum Gasteiger partial charge on any atom is -0.508 e. The summed E-state index contributed by atoms with van der Waals surface area (Å²) in [5, 5.41) is 103. The van der Waals surface area contributed by atoms with Crippen molar-refractivity contribution in [3.8, 4) is 28.6 Å². The van der Waals surface area contributed by atoms with E-state index in [1.54, 1.807) is 0 Å². The van der Waals surface area contributed by atoms with Crippen molar-refractivity contribution >= 4 is 11.0 Å². The fourth-order valence-corrected chi connectivity index (χ4v) is 5.19. The van der Waals surface area contributed by atoms with E-state index in [-0.39, 0.29) is 11.5 Å². The Bertz CT molecular complexity index is 1450. The van der Waals surface area contributed by atoms with Crippen molar-refractivity contribution in [2.45, 2.75) is 54.9 Å². The summed E-state index contributed by atoms with van der Waals surface area (Å²) in [6.45, 7) is -1.55. The van der Waals surface area contributed by atoms with Gasteiger partial charge in [0.1, 0.15) is 83.3 Å². The first-order valence-corrected chi connectivity index (χ1v) is 12.3. The van der Waals surface area contributed by atoms with Crippen LogP contribution >= 0.6 is 0 Å². The molecule has 14 nitrogen and oxygen atoms in total. The summed E-state index contributed by atoms with van der Waals surface area (Å²) in [6.07, 6.45) is -15.3. The van der Waals surface area contributed by atoms with Crippen molar-refractivity contribution in [1.82, 2.24) is 0 Å². The highest BCUT2D eigenvalue weighted by atomic mass is 16.6. The number of aromatic hydroxyl groups is 3. The maximum Gasteiger partial charge on any atom is 0.197 e. The highest BCUT2D eigenvalue weighted by Crippen LogP contribution is 2.51. The Morgan fingerprint density at radius 3 is 1.75 bits per heavy atom. The minimum absolute atomic E-state index is 0.0766. The van der Waals surface area contributed by atoms with Crippen LogP contribution in [0.1, 0.15) is 23.3 Å². The fourth-order valence-electron chi connectivity index (χ4n) is 5.19. The van der Waals surface area contributed by atoms with E-state index in [1.807, 2.05) is 0 Å².